The monoisotopic (exact) mass is 145 g/mol. The summed E-state index contributed by atoms with van der Waals surface area (Å²) in [6, 6.07) is -1.12. The first kappa shape index (κ1) is 9.10. The molecule has 0 rings (SSSR count). The summed E-state index contributed by atoms with van der Waals surface area (Å²) in [6.07, 6.45) is 0.547. The zero-order valence-corrected chi connectivity index (χ0v) is 6.00. The second kappa shape index (κ2) is 2.79. The van der Waals surface area contributed by atoms with E-state index in [0.29, 0.717) is 6.29 Å². The Bertz CT molecular complexity index is 153. The lowest BCUT2D eigenvalue weighted by molar-refractivity contribution is -0.143. The number of carbonyl (C=O) groups excluding carboxylic acids is 1. The van der Waals surface area contributed by atoms with Crippen LogP contribution < -0.4 is 5.73 Å². The minimum absolute atomic E-state index is 0.547. The van der Waals surface area contributed by atoms with Crippen LogP contribution in [-0.2, 0) is 9.59 Å². The number of hydrogen-bond acceptors (Lipinski definition) is 3. The van der Waals surface area contributed by atoms with Crippen LogP contribution in [0.25, 0.3) is 0 Å². The number of aldehydes is 1. The van der Waals surface area contributed by atoms with Gasteiger partial charge in [-0.25, -0.2) is 0 Å². The van der Waals surface area contributed by atoms with E-state index in [-0.39, 0.29) is 0 Å². The van der Waals surface area contributed by atoms with Gasteiger partial charge in [-0.15, -0.1) is 0 Å². The molecule has 58 valence electrons. The molecule has 0 spiro atoms. The van der Waals surface area contributed by atoms with Crippen LogP contribution in [0.5, 0.6) is 0 Å². The van der Waals surface area contributed by atoms with Gasteiger partial charge in [-0.05, 0) is 0 Å². The molecule has 0 radical (unpaired) electrons. The van der Waals surface area contributed by atoms with Crippen LogP contribution in [0.15, 0.2) is 0 Å². The van der Waals surface area contributed by atoms with E-state index in [1.165, 1.54) is 13.8 Å². The topological polar surface area (TPSA) is 80.4 Å². The molecule has 10 heavy (non-hydrogen) atoms. The zero-order valence-electron chi connectivity index (χ0n) is 6.00. The Kier molecular flexibility index (Phi) is 2.54. The molecule has 0 aromatic carbocycles. The van der Waals surface area contributed by atoms with Gasteiger partial charge < -0.3 is 15.6 Å². The Morgan fingerprint density at radius 1 is 1.70 bits per heavy atom. The van der Waals surface area contributed by atoms with E-state index in [1.807, 2.05) is 0 Å². The predicted molar refractivity (Wildman–Crippen MR) is 35.5 cm³/mol. The average molecular weight is 145 g/mol. The normalized spacial score (nSPS) is 14.3. The van der Waals surface area contributed by atoms with E-state index < -0.39 is 17.4 Å². The fourth-order valence-electron chi connectivity index (χ4n) is 0.392. The third-order valence-corrected chi connectivity index (χ3v) is 1.37. The van der Waals surface area contributed by atoms with Gasteiger partial charge in [0.1, 0.15) is 12.3 Å². The Hall–Kier alpha value is -0.900. The van der Waals surface area contributed by atoms with Gasteiger partial charge in [0.25, 0.3) is 0 Å². The first-order valence-electron chi connectivity index (χ1n) is 2.86. The van der Waals surface area contributed by atoms with Gasteiger partial charge in [0, 0.05) is 5.41 Å². The number of rotatable bonds is 3. The molecule has 0 aliphatic rings. The van der Waals surface area contributed by atoms with Gasteiger partial charge in [0.15, 0.2) is 0 Å². The number of carboxylic acids is 1. The molecule has 4 heteroatoms. The molecule has 0 saturated carbocycles. The van der Waals surface area contributed by atoms with Crippen LogP contribution in [0.2, 0.25) is 0 Å². The Labute approximate surface area is 59.0 Å². The van der Waals surface area contributed by atoms with Crippen LogP contribution in [-0.4, -0.2) is 23.4 Å². The summed E-state index contributed by atoms with van der Waals surface area (Å²) in [6.45, 7) is 2.97. The number of carbonyl (C=O) groups is 2. The van der Waals surface area contributed by atoms with Crippen molar-refractivity contribution in [3.8, 4) is 0 Å². The Morgan fingerprint density at radius 3 is 2.20 bits per heavy atom. The molecular formula is C6H11NO3. The molecule has 0 amide bonds. The molecule has 1 atom stereocenters. The summed E-state index contributed by atoms with van der Waals surface area (Å²) in [7, 11) is 0. The maximum absolute atomic E-state index is 10.2. The summed E-state index contributed by atoms with van der Waals surface area (Å²) >= 11 is 0. The van der Waals surface area contributed by atoms with E-state index in [2.05, 4.69) is 0 Å². The predicted octanol–water partition coefficient (Wildman–Crippen LogP) is -0.377. The van der Waals surface area contributed by atoms with E-state index in [1.54, 1.807) is 0 Å². The van der Waals surface area contributed by atoms with Crippen LogP contribution in [0, 0.1) is 5.41 Å². The van der Waals surface area contributed by atoms with E-state index in [0.717, 1.165) is 0 Å². The molecule has 0 unspecified atom stereocenters. The molecule has 4 nitrogen and oxygen atoms in total. The highest BCUT2D eigenvalue weighted by Crippen LogP contribution is 2.14. The van der Waals surface area contributed by atoms with Crippen molar-refractivity contribution in [1.82, 2.24) is 0 Å². The lowest BCUT2D eigenvalue weighted by atomic mass is 9.87. The first-order valence-corrected chi connectivity index (χ1v) is 2.86. The maximum Gasteiger partial charge on any atom is 0.321 e. The second-order valence-corrected chi connectivity index (χ2v) is 2.76. The first-order chi connectivity index (χ1) is 4.41. The number of hydrogen-bond donors (Lipinski definition) is 2. The number of aliphatic carboxylic acids is 1. The van der Waals surface area contributed by atoms with Gasteiger partial charge in [-0.2, -0.15) is 0 Å². The summed E-state index contributed by atoms with van der Waals surface area (Å²) in [5.41, 5.74) is 4.19. The van der Waals surface area contributed by atoms with Crippen molar-refractivity contribution in [2.75, 3.05) is 0 Å². The Morgan fingerprint density at radius 2 is 2.10 bits per heavy atom. The zero-order chi connectivity index (χ0) is 8.36. The molecule has 0 aliphatic carbocycles. The molecule has 0 bridgehead atoms. The van der Waals surface area contributed by atoms with Crippen LogP contribution in [0.3, 0.4) is 0 Å². The van der Waals surface area contributed by atoms with Crippen molar-refractivity contribution < 1.29 is 14.7 Å². The van der Waals surface area contributed by atoms with E-state index >= 15 is 0 Å². The average Bonchev–Trinajstić information content (AvgIpc) is 1.86. The molecule has 0 saturated heterocycles. The fourth-order valence-corrected chi connectivity index (χ4v) is 0.392. The van der Waals surface area contributed by atoms with Crippen molar-refractivity contribution in [3.05, 3.63) is 0 Å². The fraction of sp³-hybridized carbons (Fsp3) is 0.667. The molecule has 0 heterocycles. The standard InChI is InChI=1S/C6H11NO3/c1-6(2,3-8)4(7)5(9)10/h3-4H,7H2,1-2H3,(H,9,10)/t4-/m1/s1. The van der Waals surface area contributed by atoms with Gasteiger partial charge in [-0.3, -0.25) is 4.79 Å². The Balaban J connectivity index is 4.31. The molecular weight excluding hydrogens is 134 g/mol. The third-order valence-electron chi connectivity index (χ3n) is 1.37. The van der Waals surface area contributed by atoms with Crippen molar-refractivity contribution in [2.24, 2.45) is 11.1 Å². The third kappa shape index (κ3) is 1.80. The van der Waals surface area contributed by atoms with Crippen LogP contribution in [0.1, 0.15) is 13.8 Å². The minimum Gasteiger partial charge on any atom is -0.480 e. The molecule has 0 fully saturated rings. The lowest BCUT2D eigenvalue weighted by Gasteiger charge is -2.20. The molecule has 0 aromatic heterocycles. The second-order valence-electron chi connectivity index (χ2n) is 2.76. The van der Waals surface area contributed by atoms with Gasteiger partial charge in [-0.1, -0.05) is 13.8 Å². The van der Waals surface area contributed by atoms with Gasteiger partial charge in [0.2, 0.25) is 0 Å². The summed E-state index contributed by atoms with van der Waals surface area (Å²) in [5, 5.41) is 8.36. The molecule has 0 aliphatic heterocycles. The summed E-state index contributed by atoms with van der Waals surface area (Å²) in [4.78, 5) is 20.5. The van der Waals surface area contributed by atoms with Crippen molar-refractivity contribution in [2.45, 2.75) is 19.9 Å². The number of nitrogens with two attached hydrogens (primary N) is 1. The highest BCUT2D eigenvalue weighted by molar-refractivity contribution is 5.79. The van der Waals surface area contributed by atoms with E-state index in [9.17, 15) is 9.59 Å². The van der Waals surface area contributed by atoms with E-state index in [4.69, 9.17) is 10.8 Å². The van der Waals surface area contributed by atoms with Gasteiger partial charge in [0.05, 0.1) is 0 Å². The summed E-state index contributed by atoms with van der Waals surface area (Å²) < 4.78 is 0. The highest BCUT2D eigenvalue weighted by atomic mass is 16.4. The summed E-state index contributed by atoms with van der Waals surface area (Å²) in [5.74, 6) is -1.16. The lowest BCUT2D eigenvalue weighted by Crippen LogP contribution is -2.44. The largest absolute Gasteiger partial charge is 0.480 e. The van der Waals surface area contributed by atoms with Crippen LogP contribution >= 0.6 is 0 Å². The highest BCUT2D eigenvalue weighted by Gasteiger charge is 2.31. The SMILES string of the molecule is CC(C)(C=O)[C@H](N)C(=O)O. The van der Waals surface area contributed by atoms with Crippen molar-refractivity contribution >= 4 is 12.3 Å². The van der Waals surface area contributed by atoms with Gasteiger partial charge >= 0.3 is 5.97 Å². The minimum atomic E-state index is -1.16. The smallest absolute Gasteiger partial charge is 0.321 e. The van der Waals surface area contributed by atoms with Crippen molar-refractivity contribution in [3.63, 3.8) is 0 Å². The molecule has 3 N–H and O–H groups in total. The van der Waals surface area contributed by atoms with Crippen LogP contribution in [0.4, 0.5) is 0 Å². The maximum atomic E-state index is 10.2. The van der Waals surface area contributed by atoms with Crippen molar-refractivity contribution in [1.29, 1.82) is 0 Å². The number of carboxylic acid groups (broad SMARTS) is 1. The quantitative estimate of drug-likeness (QED) is 0.530. The molecule has 0 aromatic rings.